The molecule has 0 saturated carbocycles. The minimum Gasteiger partial charge on any atom is -0.455 e. The van der Waals surface area contributed by atoms with Gasteiger partial charge in [0.1, 0.15) is 0 Å². The number of carbonyl (C=O) groups excluding carboxylic acids is 1. The molecule has 0 fully saturated rings. The van der Waals surface area contributed by atoms with Gasteiger partial charge in [-0.15, -0.1) is 0 Å². The summed E-state index contributed by atoms with van der Waals surface area (Å²) in [4.78, 5) is 13.2. The molecule has 0 saturated heterocycles. The van der Waals surface area contributed by atoms with Crippen molar-refractivity contribution in [3.05, 3.63) is 0 Å². The second-order valence-electron chi connectivity index (χ2n) is 3.32. The number of hydrogen-bond acceptors (Lipinski definition) is 3. The highest BCUT2D eigenvalue weighted by molar-refractivity contribution is 6.77. The fraction of sp³-hybridized carbons (Fsp3) is 0.833. The van der Waals surface area contributed by atoms with E-state index in [-0.39, 0.29) is 0 Å². The molecule has 63 valence electrons. The molecule has 0 spiro atoms. The van der Waals surface area contributed by atoms with Gasteiger partial charge in [-0.2, -0.15) is 0 Å². The molecule has 0 aromatic carbocycles. The largest absolute Gasteiger partial charge is 0.455 e. The molecule has 0 heterocycles. The van der Waals surface area contributed by atoms with Crippen LogP contribution in [0.2, 0.25) is 26.2 Å². The van der Waals surface area contributed by atoms with Gasteiger partial charge in [-0.1, -0.05) is 0 Å². The Morgan fingerprint density at radius 3 is 2.45 bits per heavy atom. The van der Waals surface area contributed by atoms with Crippen LogP contribution in [-0.2, 0) is 8.91 Å². The molecule has 0 amide bonds. The monoisotopic (exact) mass is 188 g/mol. The van der Waals surface area contributed by atoms with Crippen LogP contribution in [-0.4, -0.2) is 29.6 Å². The van der Waals surface area contributed by atoms with Crippen molar-refractivity contribution in [1.82, 2.24) is 0 Å². The van der Waals surface area contributed by atoms with Crippen molar-refractivity contribution in [2.75, 3.05) is 6.17 Å². The summed E-state index contributed by atoms with van der Waals surface area (Å²) in [7, 11) is -2.29. The molecule has 11 heavy (non-hydrogen) atoms. The molecule has 0 aliphatic rings. The zero-order valence-corrected chi connectivity index (χ0v) is 9.47. The highest BCUT2D eigenvalue weighted by Crippen LogP contribution is 2.04. The van der Waals surface area contributed by atoms with Crippen molar-refractivity contribution < 1.29 is 8.91 Å². The number of aliphatic imine (C=N–C) groups is 1. The lowest BCUT2D eigenvalue weighted by molar-refractivity contribution is 0.559. The lowest BCUT2D eigenvalue weighted by Crippen LogP contribution is -2.34. The van der Waals surface area contributed by atoms with Crippen molar-refractivity contribution >= 4 is 23.4 Å². The molecule has 0 unspecified atom stereocenters. The molecule has 0 rings (SSSR count). The second kappa shape index (κ2) is 4.61. The third kappa shape index (κ3) is 7.67. The number of rotatable bonds is 4. The summed E-state index contributed by atoms with van der Waals surface area (Å²) in [5.41, 5.74) is 0. The summed E-state index contributed by atoms with van der Waals surface area (Å²) in [6.45, 7) is 8.41. The molecular formula is C6H14NO2Si2. The minimum absolute atomic E-state index is 0.526. The van der Waals surface area contributed by atoms with Crippen molar-refractivity contribution in [3.8, 4) is 0 Å². The molecule has 0 bridgehead atoms. The summed E-state index contributed by atoms with van der Waals surface area (Å²) in [5.74, 6) is 0. The molecule has 0 atom stereocenters. The third-order valence-corrected chi connectivity index (χ3v) is 5.29. The number of isocyanates is 1. The van der Waals surface area contributed by atoms with Gasteiger partial charge in [0.2, 0.25) is 15.1 Å². The van der Waals surface area contributed by atoms with Crippen LogP contribution in [0.25, 0.3) is 0 Å². The fourth-order valence-corrected chi connectivity index (χ4v) is 5.43. The average Bonchev–Trinajstić information content (AvgIpc) is 1.79. The van der Waals surface area contributed by atoms with Gasteiger partial charge >= 0.3 is 0 Å². The predicted octanol–water partition coefficient (Wildman–Crippen LogP) is 1.33. The fourth-order valence-electron chi connectivity index (χ4n) is 0.699. The van der Waals surface area contributed by atoms with Crippen LogP contribution in [0.5, 0.6) is 0 Å². The minimum atomic E-state index is -1.41. The lowest BCUT2D eigenvalue weighted by Gasteiger charge is -2.20. The average molecular weight is 188 g/mol. The normalized spacial score (nSPS) is 11.4. The Hall–Kier alpha value is -0.226. The summed E-state index contributed by atoms with van der Waals surface area (Å²) in [6, 6.07) is 0. The van der Waals surface area contributed by atoms with Crippen LogP contribution in [0.4, 0.5) is 0 Å². The number of nitrogens with zero attached hydrogens (tertiary/aromatic N) is 1. The van der Waals surface area contributed by atoms with Gasteiger partial charge in [-0.25, -0.2) is 9.79 Å². The molecule has 0 N–H and O–H groups in total. The topological polar surface area (TPSA) is 38.7 Å². The second-order valence-corrected chi connectivity index (χ2v) is 10.1. The summed E-state index contributed by atoms with van der Waals surface area (Å²) < 4.78 is 5.71. The first kappa shape index (κ1) is 10.8. The van der Waals surface area contributed by atoms with Crippen molar-refractivity contribution in [2.45, 2.75) is 26.2 Å². The molecular weight excluding hydrogens is 174 g/mol. The first-order chi connectivity index (χ1) is 4.95. The van der Waals surface area contributed by atoms with Gasteiger partial charge in [0.15, 0.2) is 8.32 Å². The summed E-state index contributed by atoms with van der Waals surface area (Å²) in [6.07, 6.45) is 2.05. The van der Waals surface area contributed by atoms with Gasteiger partial charge in [0, 0.05) is 0 Å². The summed E-state index contributed by atoms with van der Waals surface area (Å²) >= 11 is 0. The Labute approximate surface area is 70.3 Å². The quantitative estimate of drug-likeness (QED) is 0.379. The molecule has 0 aliphatic heterocycles. The molecule has 1 radical (unpaired) electrons. The molecule has 0 aromatic heterocycles. The Balaban J connectivity index is 3.69. The van der Waals surface area contributed by atoms with Gasteiger partial charge in [-0.3, -0.25) is 0 Å². The van der Waals surface area contributed by atoms with Crippen LogP contribution in [0.15, 0.2) is 4.99 Å². The van der Waals surface area contributed by atoms with E-state index in [1.807, 2.05) is 6.55 Å². The van der Waals surface area contributed by atoms with E-state index in [9.17, 15) is 4.79 Å². The van der Waals surface area contributed by atoms with Gasteiger partial charge in [-0.05, 0) is 26.2 Å². The van der Waals surface area contributed by atoms with Gasteiger partial charge in [0.25, 0.3) is 0 Å². The zero-order valence-electron chi connectivity index (χ0n) is 7.47. The zero-order chi connectivity index (χ0) is 8.91. The van der Waals surface area contributed by atoms with E-state index in [1.54, 1.807) is 0 Å². The van der Waals surface area contributed by atoms with E-state index >= 15 is 0 Å². The lowest BCUT2D eigenvalue weighted by atomic mass is 11.4. The van der Waals surface area contributed by atoms with Gasteiger partial charge in [0.05, 0.1) is 6.17 Å². The maximum absolute atomic E-state index is 9.76. The molecule has 3 nitrogen and oxygen atoms in total. The van der Waals surface area contributed by atoms with E-state index in [0.717, 1.165) is 0 Å². The Morgan fingerprint density at radius 1 is 1.55 bits per heavy atom. The highest BCUT2D eigenvalue weighted by atomic mass is 28.4. The maximum atomic E-state index is 9.76. The Morgan fingerprint density at radius 2 is 2.09 bits per heavy atom. The standard InChI is InChI=1S/C6H14NO2Si2/c1-10(6-7-5-8)9-11(2,3)4/h6H2,1-4H3. The van der Waals surface area contributed by atoms with E-state index in [0.29, 0.717) is 6.17 Å². The Kier molecular flexibility index (Phi) is 4.52. The van der Waals surface area contributed by atoms with Crippen LogP contribution >= 0.6 is 0 Å². The van der Waals surface area contributed by atoms with E-state index < -0.39 is 17.4 Å². The van der Waals surface area contributed by atoms with E-state index in [2.05, 4.69) is 24.6 Å². The van der Waals surface area contributed by atoms with Crippen molar-refractivity contribution in [2.24, 2.45) is 4.99 Å². The van der Waals surface area contributed by atoms with Gasteiger partial charge < -0.3 is 4.12 Å². The maximum Gasteiger partial charge on any atom is 0.234 e. The molecule has 5 heteroatoms. The van der Waals surface area contributed by atoms with Crippen LogP contribution in [0.1, 0.15) is 0 Å². The Bertz CT molecular complexity index is 160. The summed E-state index contributed by atoms with van der Waals surface area (Å²) in [5, 5.41) is 0. The smallest absolute Gasteiger partial charge is 0.234 e. The number of hydrogen-bond donors (Lipinski definition) is 0. The predicted molar refractivity (Wildman–Crippen MR) is 49.0 cm³/mol. The molecule has 0 aromatic rings. The van der Waals surface area contributed by atoms with Crippen LogP contribution in [0, 0.1) is 0 Å². The first-order valence-corrected chi connectivity index (χ1v) is 9.03. The SMILES string of the molecule is C[Si](CN=C=O)O[Si](C)(C)C. The highest BCUT2D eigenvalue weighted by Gasteiger charge is 2.18. The van der Waals surface area contributed by atoms with E-state index in [4.69, 9.17) is 4.12 Å². The first-order valence-electron chi connectivity index (χ1n) is 3.51. The van der Waals surface area contributed by atoms with E-state index in [1.165, 1.54) is 6.08 Å². The van der Waals surface area contributed by atoms with Crippen LogP contribution < -0.4 is 0 Å². The van der Waals surface area contributed by atoms with Crippen molar-refractivity contribution in [3.63, 3.8) is 0 Å². The van der Waals surface area contributed by atoms with Crippen LogP contribution in [0.3, 0.4) is 0 Å². The third-order valence-electron chi connectivity index (χ3n) is 0.847. The molecule has 0 aliphatic carbocycles. The van der Waals surface area contributed by atoms with Crippen molar-refractivity contribution in [1.29, 1.82) is 0 Å².